The summed E-state index contributed by atoms with van der Waals surface area (Å²) in [6, 6.07) is 2.37. The summed E-state index contributed by atoms with van der Waals surface area (Å²) in [5.41, 5.74) is 0. The molecule has 1 atom stereocenters. The van der Waals surface area contributed by atoms with Gasteiger partial charge in [-0.15, -0.1) is 0 Å². The summed E-state index contributed by atoms with van der Waals surface area (Å²) >= 11 is 0. The van der Waals surface area contributed by atoms with Gasteiger partial charge in [0.2, 0.25) is 15.9 Å². The monoisotopic (exact) mass is 388 g/mol. The Kier molecular flexibility index (Phi) is 5.59. The van der Waals surface area contributed by atoms with Gasteiger partial charge in [-0.05, 0) is 38.0 Å². The molecule has 2 aliphatic rings. The van der Waals surface area contributed by atoms with Crippen molar-refractivity contribution in [3.8, 4) is 0 Å². The number of benzene rings is 1. The highest BCUT2D eigenvalue weighted by atomic mass is 32.2. The second-order valence-electron chi connectivity index (χ2n) is 6.72. The lowest BCUT2D eigenvalue weighted by Crippen LogP contribution is -2.49. The van der Waals surface area contributed by atoms with Gasteiger partial charge >= 0.3 is 0 Å². The maximum absolute atomic E-state index is 13.9. The van der Waals surface area contributed by atoms with Gasteiger partial charge in [0.15, 0.2) is 0 Å². The lowest BCUT2D eigenvalue weighted by Gasteiger charge is -2.36. The lowest BCUT2D eigenvalue weighted by molar-refractivity contribution is -0.143. The number of halogens is 2. The van der Waals surface area contributed by atoms with Crippen LogP contribution in [-0.2, 0) is 19.6 Å². The van der Waals surface area contributed by atoms with Crippen molar-refractivity contribution in [2.75, 3.05) is 32.8 Å². The average molecular weight is 388 g/mol. The van der Waals surface area contributed by atoms with Crippen LogP contribution >= 0.6 is 0 Å². The molecular formula is C17H22F2N2O4S. The second-order valence-corrected chi connectivity index (χ2v) is 8.63. The van der Waals surface area contributed by atoms with Gasteiger partial charge in [-0.25, -0.2) is 17.2 Å². The molecule has 2 saturated heterocycles. The highest BCUT2D eigenvalue weighted by molar-refractivity contribution is 7.89. The molecular weight excluding hydrogens is 366 g/mol. The molecule has 0 N–H and O–H groups in total. The number of piperidine rings is 1. The number of nitrogens with zero attached hydrogens (tertiary/aromatic N) is 2. The van der Waals surface area contributed by atoms with Crippen molar-refractivity contribution < 1.29 is 26.7 Å². The molecule has 1 amide bonds. The van der Waals surface area contributed by atoms with Gasteiger partial charge in [0.05, 0.1) is 12.7 Å². The molecule has 6 nitrogen and oxygen atoms in total. The van der Waals surface area contributed by atoms with E-state index in [1.165, 1.54) is 0 Å². The number of carbonyl (C=O) groups is 1. The predicted molar refractivity (Wildman–Crippen MR) is 89.8 cm³/mol. The highest BCUT2D eigenvalue weighted by Gasteiger charge is 2.35. The Labute approximate surface area is 151 Å². The van der Waals surface area contributed by atoms with Crippen molar-refractivity contribution in [3.05, 3.63) is 29.8 Å². The van der Waals surface area contributed by atoms with E-state index in [4.69, 9.17) is 4.74 Å². The van der Waals surface area contributed by atoms with E-state index >= 15 is 0 Å². The van der Waals surface area contributed by atoms with Crippen molar-refractivity contribution >= 4 is 15.9 Å². The minimum Gasteiger partial charge on any atom is -0.375 e. The number of amides is 1. The van der Waals surface area contributed by atoms with Crippen LogP contribution in [0.3, 0.4) is 0 Å². The minimum atomic E-state index is -4.12. The molecule has 2 heterocycles. The van der Waals surface area contributed by atoms with Crippen LogP contribution in [0.25, 0.3) is 0 Å². The number of carbonyl (C=O) groups excluding carboxylic acids is 1. The molecule has 2 fully saturated rings. The van der Waals surface area contributed by atoms with Crippen LogP contribution in [0.2, 0.25) is 0 Å². The van der Waals surface area contributed by atoms with E-state index in [2.05, 4.69) is 0 Å². The predicted octanol–water partition coefficient (Wildman–Crippen LogP) is 1.61. The smallest absolute Gasteiger partial charge is 0.246 e. The Morgan fingerprint density at radius 1 is 1.19 bits per heavy atom. The van der Waals surface area contributed by atoms with E-state index in [9.17, 15) is 22.0 Å². The zero-order chi connectivity index (χ0) is 18.9. The van der Waals surface area contributed by atoms with E-state index < -0.39 is 26.6 Å². The molecule has 2 aliphatic heterocycles. The van der Waals surface area contributed by atoms with E-state index in [1.54, 1.807) is 4.90 Å². The largest absolute Gasteiger partial charge is 0.375 e. The summed E-state index contributed by atoms with van der Waals surface area (Å²) in [4.78, 5) is 13.7. The van der Waals surface area contributed by atoms with Gasteiger partial charge in [-0.1, -0.05) is 0 Å². The number of hydrogen-bond donors (Lipinski definition) is 0. The zero-order valence-electron chi connectivity index (χ0n) is 14.5. The first kappa shape index (κ1) is 19.2. The van der Waals surface area contributed by atoms with Crippen molar-refractivity contribution in [3.63, 3.8) is 0 Å². The molecule has 1 aromatic rings. The maximum Gasteiger partial charge on any atom is 0.246 e. The van der Waals surface area contributed by atoms with E-state index in [0.717, 1.165) is 16.4 Å². The molecule has 144 valence electrons. The molecule has 0 spiro atoms. The third-order valence-corrected chi connectivity index (χ3v) is 6.78. The maximum atomic E-state index is 13.9. The Hall–Kier alpha value is -1.58. The molecule has 0 radical (unpaired) electrons. The van der Waals surface area contributed by atoms with Gasteiger partial charge in [0, 0.05) is 32.1 Å². The van der Waals surface area contributed by atoms with Crippen molar-refractivity contribution in [2.45, 2.75) is 30.8 Å². The summed E-state index contributed by atoms with van der Waals surface area (Å²) < 4.78 is 58.9. The van der Waals surface area contributed by atoms with Crippen molar-refractivity contribution in [2.24, 2.45) is 5.92 Å². The topological polar surface area (TPSA) is 66.9 Å². The fourth-order valence-corrected chi connectivity index (χ4v) is 4.98. The number of sulfonamides is 1. The van der Waals surface area contributed by atoms with Gasteiger partial charge in [0.1, 0.15) is 16.5 Å². The second kappa shape index (κ2) is 7.58. The molecule has 0 bridgehead atoms. The van der Waals surface area contributed by atoms with Crippen LogP contribution in [-0.4, -0.2) is 62.4 Å². The van der Waals surface area contributed by atoms with Crippen LogP contribution in [0.1, 0.15) is 19.8 Å². The number of morpholine rings is 1. The third-order valence-electron chi connectivity index (χ3n) is 4.87. The quantitative estimate of drug-likeness (QED) is 0.789. The average Bonchev–Trinajstić information content (AvgIpc) is 2.63. The van der Waals surface area contributed by atoms with Gasteiger partial charge < -0.3 is 9.64 Å². The highest BCUT2D eigenvalue weighted by Crippen LogP contribution is 2.27. The summed E-state index contributed by atoms with van der Waals surface area (Å²) in [5, 5.41) is 0. The first-order valence-corrected chi connectivity index (χ1v) is 10.1. The first-order chi connectivity index (χ1) is 12.3. The van der Waals surface area contributed by atoms with Gasteiger partial charge in [0.25, 0.3) is 0 Å². The summed E-state index contributed by atoms with van der Waals surface area (Å²) in [6.45, 7) is 3.69. The van der Waals surface area contributed by atoms with Crippen LogP contribution in [0.15, 0.2) is 23.1 Å². The molecule has 0 saturated carbocycles. The molecule has 1 aromatic carbocycles. The fraction of sp³-hybridized carbons (Fsp3) is 0.588. The fourth-order valence-electron chi connectivity index (χ4n) is 3.43. The minimum absolute atomic E-state index is 0.00846. The summed E-state index contributed by atoms with van der Waals surface area (Å²) in [6.07, 6.45) is 0.714. The lowest BCUT2D eigenvalue weighted by atomic mass is 9.96. The Bertz CT molecular complexity index is 779. The summed E-state index contributed by atoms with van der Waals surface area (Å²) in [7, 11) is -4.12. The summed E-state index contributed by atoms with van der Waals surface area (Å²) in [5.74, 6) is -2.04. The van der Waals surface area contributed by atoms with Crippen LogP contribution in [0.5, 0.6) is 0 Å². The Morgan fingerprint density at radius 3 is 2.54 bits per heavy atom. The van der Waals surface area contributed by atoms with Gasteiger partial charge in [-0.2, -0.15) is 4.31 Å². The molecule has 0 aromatic heterocycles. The van der Waals surface area contributed by atoms with E-state index in [-0.39, 0.29) is 31.0 Å². The number of hydrogen-bond acceptors (Lipinski definition) is 4. The van der Waals surface area contributed by atoms with Crippen LogP contribution < -0.4 is 0 Å². The molecule has 1 unspecified atom stereocenters. The number of ether oxygens (including phenoxy) is 1. The first-order valence-electron chi connectivity index (χ1n) is 8.64. The van der Waals surface area contributed by atoms with Gasteiger partial charge in [-0.3, -0.25) is 4.79 Å². The molecule has 26 heavy (non-hydrogen) atoms. The molecule has 0 aliphatic carbocycles. The van der Waals surface area contributed by atoms with Crippen LogP contribution in [0.4, 0.5) is 8.78 Å². The normalized spacial score (nSPS) is 23.2. The molecule has 9 heteroatoms. The van der Waals surface area contributed by atoms with Crippen molar-refractivity contribution in [1.29, 1.82) is 0 Å². The van der Waals surface area contributed by atoms with E-state index in [0.29, 0.717) is 38.6 Å². The third kappa shape index (κ3) is 3.89. The number of rotatable bonds is 3. The standard InChI is InChI=1S/C17H22F2N2O4S/c1-12-11-20(8-9-25-12)17(22)13-4-6-21(7-5-13)26(23,24)16-10-14(18)2-3-15(16)19/h2-3,10,12-13H,4-9,11H2,1H3. The Morgan fingerprint density at radius 2 is 1.88 bits per heavy atom. The molecule has 3 rings (SSSR count). The SMILES string of the molecule is CC1CN(C(=O)C2CCN(S(=O)(=O)c3cc(F)ccc3F)CC2)CCO1. The Balaban J connectivity index is 1.66. The van der Waals surface area contributed by atoms with Crippen LogP contribution in [0, 0.1) is 17.6 Å². The van der Waals surface area contributed by atoms with Crippen molar-refractivity contribution in [1.82, 2.24) is 9.21 Å². The zero-order valence-corrected chi connectivity index (χ0v) is 15.3. The van der Waals surface area contributed by atoms with E-state index in [1.807, 2.05) is 6.92 Å².